The van der Waals surface area contributed by atoms with E-state index in [1.165, 1.54) is 6.07 Å². The van der Waals surface area contributed by atoms with Crippen LogP contribution in [0.4, 0.5) is 13.2 Å². The van der Waals surface area contributed by atoms with Crippen LogP contribution < -0.4 is 0 Å². The van der Waals surface area contributed by atoms with Crippen LogP contribution in [0.2, 0.25) is 0 Å². The van der Waals surface area contributed by atoms with E-state index in [2.05, 4.69) is 5.10 Å². The van der Waals surface area contributed by atoms with Gasteiger partial charge in [0.2, 0.25) is 0 Å². The first-order chi connectivity index (χ1) is 7.25. The summed E-state index contributed by atoms with van der Waals surface area (Å²) in [6.07, 6.45) is -4.99. The van der Waals surface area contributed by atoms with Crippen LogP contribution in [0.25, 0.3) is 0 Å². The molecule has 0 radical (unpaired) electrons. The monoisotopic (exact) mass is 235 g/mol. The summed E-state index contributed by atoms with van der Waals surface area (Å²) in [5, 5.41) is 20.8. The second-order valence-corrected chi connectivity index (χ2v) is 3.32. The Morgan fingerprint density at radius 2 is 2.31 bits per heavy atom. The molecule has 0 aromatic rings. The van der Waals surface area contributed by atoms with Crippen molar-refractivity contribution >= 4 is 12.1 Å². The lowest BCUT2D eigenvalue weighted by molar-refractivity contribution is -0.314. The van der Waals surface area contributed by atoms with Crippen molar-refractivity contribution in [2.75, 3.05) is 0 Å². The van der Waals surface area contributed by atoms with Crippen molar-refractivity contribution < 1.29 is 23.1 Å². The zero-order valence-electron chi connectivity index (χ0n) is 8.19. The highest BCUT2D eigenvalue weighted by molar-refractivity contribution is 5.82. The molecule has 1 N–H and O–H groups in total. The third-order valence-corrected chi connectivity index (χ3v) is 2.25. The van der Waals surface area contributed by atoms with E-state index in [9.17, 15) is 23.1 Å². The third-order valence-electron chi connectivity index (χ3n) is 2.25. The fraction of sp³-hybridized carbons (Fsp3) is 0.625. The summed E-state index contributed by atoms with van der Waals surface area (Å²) in [4.78, 5) is 11.2. The molecule has 0 spiro atoms. The maximum atomic E-state index is 12.6. The molecule has 0 fully saturated rings. The highest BCUT2D eigenvalue weighted by atomic mass is 19.4. The van der Waals surface area contributed by atoms with Crippen molar-refractivity contribution in [3.05, 3.63) is 0 Å². The van der Waals surface area contributed by atoms with Crippen molar-refractivity contribution in [3.63, 3.8) is 0 Å². The molecule has 1 heterocycles. The Hall–Kier alpha value is -1.62. The van der Waals surface area contributed by atoms with Gasteiger partial charge in [0.05, 0.1) is 12.0 Å². The Morgan fingerprint density at radius 3 is 2.75 bits per heavy atom. The third kappa shape index (κ3) is 1.63. The fourth-order valence-corrected chi connectivity index (χ4v) is 1.33. The van der Waals surface area contributed by atoms with Gasteiger partial charge in [0, 0.05) is 6.21 Å². The standard InChI is InChI=1S/C8H8F3N3O2/c1-5-4-13-14(6(15)2-3-12)7(5,16)8(9,10)11/h4-5,16H,2H2,1H3. The molecule has 88 valence electrons. The topological polar surface area (TPSA) is 76.7 Å². The lowest BCUT2D eigenvalue weighted by Gasteiger charge is -2.35. The smallest absolute Gasteiger partial charge is 0.362 e. The van der Waals surface area contributed by atoms with Gasteiger partial charge in [-0.2, -0.15) is 28.5 Å². The van der Waals surface area contributed by atoms with Gasteiger partial charge in [-0.25, -0.2) is 0 Å². The number of aliphatic hydroxyl groups is 1. The van der Waals surface area contributed by atoms with Gasteiger partial charge >= 0.3 is 6.18 Å². The number of carbonyl (C=O) groups excluding carboxylic acids is 1. The number of carbonyl (C=O) groups is 1. The molecule has 0 bridgehead atoms. The number of hydrazone groups is 1. The SMILES string of the molecule is CC1C=NN(C(=O)CC#N)C1(O)C(F)(F)F. The Morgan fingerprint density at radius 1 is 1.75 bits per heavy atom. The Balaban J connectivity index is 3.08. The second kappa shape index (κ2) is 3.75. The van der Waals surface area contributed by atoms with Crippen molar-refractivity contribution in [3.8, 4) is 6.07 Å². The first-order valence-corrected chi connectivity index (χ1v) is 4.28. The van der Waals surface area contributed by atoms with Crippen molar-refractivity contribution in [1.29, 1.82) is 5.26 Å². The molecule has 1 rings (SSSR count). The maximum absolute atomic E-state index is 12.6. The fourth-order valence-electron chi connectivity index (χ4n) is 1.33. The maximum Gasteiger partial charge on any atom is 0.439 e. The van der Waals surface area contributed by atoms with Crippen LogP contribution in [0.1, 0.15) is 13.3 Å². The van der Waals surface area contributed by atoms with Crippen LogP contribution in [-0.4, -0.2) is 34.1 Å². The number of rotatable bonds is 1. The molecule has 8 heteroatoms. The van der Waals surface area contributed by atoms with E-state index in [4.69, 9.17) is 5.26 Å². The van der Waals surface area contributed by atoms with Crippen LogP contribution in [0.3, 0.4) is 0 Å². The zero-order chi connectivity index (χ0) is 12.6. The molecule has 2 atom stereocenters. The number of nitrogens with zero attached hydrogens (tertiary/aromatic N) is 3. The van der Waals surface area contributed by atoms with E-state index in [-0.39, 0.29) is 5.01 Å². The zero-order valence-corrected chi connectivity index (χ0v) is 8.19. The van der Waals surface area contributed by atoms with E-state index in [1.54, 1.807) is 0 Å². The van der Waals surface area contributed by atoms with Gasteiger partial charge in [-0.3, -0.25) is 4.79 Å². The van der Waals surface area contributed by atoms with Gasteiger partial charge in [0.15, 0.2) is 0 Å². The molecule has 16 heavy (non-hydrogen) atoms. The number of hydrogen-bond donors (Lipinski definition) is 1. The van der Waals surface area contributed by atoms with Gasteiger partial charge in [0.25, 0.3) is 11.6 Å². The van der Waals surface area contributed by atoms with E-state index in [0.717, 1.165) is 13.1 Å². The summed E-state index contributed by atoms with van der Waals surface area (Å²) < 4.78 is 37.9. The molecule has 1 amide bonds. The molecule has 2 unspecified atom stereocenters. The van der Waals surface area contributed by atoms with Gasteiger partial charge in [-0.15, -0.1) is 0 Å². The molecule has 0 saturated heterocycles. The first-order valence-electron chi connectivity index (χ1n) is 4.28. The highest BCUT2D eigenvalue weighted by Gasteiger charge is 2.64. The van der Waals surface area contributed by atoms with E-state index in [0.29, 0.717) is 0 Å². The van der Waals surface area contributed by atoms with Crippen LogP contribution >= 0.6 is 0 Å². The van der Waals surface area contributed by atoms with Crippen LogP contribution in [0.15, 0.2) is 5.10 Å². The molecule has 0 aromatic carbocycles. The van der Waals surface area contributed by atoms with Gasteiger partial charge in [-0.1, -0.05) is 6.92 Å². The van der Waals surface area contributed by atoms with Crippen LogP contribution in [0.5, 0.6) is 0 Å². The Bertz CT molecular complexity index is 374. The molecular weight excluding hydrogens is 227 g/mol. The molecule has 1 aliphatic rings. The Labute approximate surface area is 88.8 Å². The summed E-state index contributed by atoms with van der Waals surface area (Å²) >= 11 is 0. The molecule has 0 aromatic heterocycles. The number of nitriles is 1. The largest absolute Gasteiger partial charge is 0.439 e. The predicted octanol–water partition coefficient (Wildman–Crippen LogP) is 0.615. The average molecular weight is 235 g/mol. The van der Waals surface area contributed by atoms with Crippen LogP contribution in [0, 0.1) is 17.2 Å². The molecule has 0 saturated carbocycles. The minimum atomic E-state index is -5.03. The highest BCUT2D eigenvalue weighted by Crippen LogP contribution is 2.41. The molecule has 0 aliphatic carbocycles. The summed E-state index contributed by atoms with van der Waals surface area (Å²) in [6, 6.07) is 1.40. The average Bonchev–Trinajstić information content (AvgIpc) is 2.44. The minimum Gasteiger partial charge on any atom is -0.362 e. The van der Waals surface area contributed by atoms with E-state index >= 15 is 0 Å². The van der Waals surface area contributed by atoms with Gasteiger partial charge in [0.1, 0.15) is 6.42 Å². The minimum absolute atomic E-state index is 0.0825. The summed E-state index contributed by atoms with van der Waals surface area (Å²) in [6.45, 7) is 1.08. The number of amides is 1. The number of alkyl halides is 3. The van der Waals surface area contributed by atoms with Crippen molar-refractivity contribution in [2.24, 2.45) is 11.0 Å². The molecule has 5 nitrogen and oxygen atoms in total. The van der Waals surface area contributed by atoms with Crippen molar-refractivity contribution in [1.82, 2.24) is 5.01 Å². The van der Waals surface area contributed by atoms with Crippen molar-refractivity contribution in [2.45, 2.75) is 25.2 Å². The molecule has 1 aliphatic heterocycles. The lowest BCUT2D eigenvalue weighted by atomic mass is 9.99. The number of halogens is 3. The normalized spacial score (nSPS) is 29.2. The van der Waals surface area contributed by atoms with Gasteiger partial charge < -0.3 is 5.11 Å². The van der Waals surface area contributed by atoms with E-state index in [1.807, 2.05) is 0 Å². The summed E-state index contributed by atoms with van der Waals surface area (Å²) in [7, 11) is 0. The van der Waals surface area contributed by atoms with E-state index < -0.39 is 30.1 Å². The lowest BCUT2D eigenvalue weighted by Crippen LogP contribution is -2.60. The second-order valence-electron chi connectivity index (χ2n) is 3.32. The predicted molar refractivity (Wildman–Crippen MR) is 45.7 cm³/mol. The first kappa shape index (κ1) is 12.4. The summed E-state index contributed by atoms with van der Waals surface area (Å²) in [5.74, 6) is -2.57. The van der Waals surface area contributed by atoms with Gasteiger partial charge in [-0.05, 0) is 0 Å². The Kier molecular flexibility index (Phi) is 2.92. The molecular formula is C8H8F3N3O2. The van der Waals surface area contributed by atoms with Crippen LogP contribution in [-0.2, 0) is 4.79 Å². The number of hydrogen-bond acceptors (Lipinski definition) is 4. The summed E-state index contributed by atoms with van der Waals surface area (Å²) in [5.41, 5.74) is -3.36. The quantitative estimate of drug-likeness (QED) is 0.723.